The van der Waals surface area contributed by atoms with Crippen molar-refractivity contribution >= 4 is 33.2 Å². The van der Waals surface area contributed by atoms with E-state index in [0.717, 1.165) is 0 Å². The molecule has 0 radical (unpaired) electrons. The van der Waals surface area contributed by atoms with Gasteiger partial charge in [-0.25, -0.2) is 0 Å². The first-order valence-corrected chi connectivity index (χ1v) is 7.21. The molecule has 0 bridgehead atoms. The molecule has 0 aliphatic carbocycles. The number of hydrogen-bond donors (Lipinski definition) is 2. The Kier molecular flexibility index (Phi) is 4.89. The van der Waals surface area contributed by atoms with Crippen LogP contribution in [0.2, 0.25) is 0 Å². The highest BCUT2D eigenvalue weighted by molar-refractivity contribution is 9.10. The van der Waals surface area contributed by atoms with Gasteiger partial charge in [0, 0.05) is 17.3 Å². The summed E-state index contributed by atoms with van der Waals surface area (Å²) < 4.78 is 0.310. The van der Waals surface area contributed by atoms with Gasteiger partial charge >= 0.3 is 0 Å². The number of nitro benzene ring substituents is 1. The number of anilines is 1. The van der Waals surface area contributed by atoms with Crippen LogP contribution in [0.25, 0.3) is 0 Å². The van der Waals surface area contributed by atoms with Crippen molar-refractivity contribution in [2.45, 2.75) is 13.0 Å². The monoisotopic (exact) mass is 364 g/mol. The van der Waals surface area contributed by atoms with Gasteiger partial charge in [-0.15, -0.1) is 0 Å². The van der Waals surface area contributed by atoms with Crippen molar-refractivity contribution in [3.05, 3.63) is 68.2 Å². The molecule has 0 aliphatic heterocycles. The maximum Gasteiger partial charge on any atom is 0.284 e. The minimum Gasteiger partial charge on any atom is -0.389 e. The largest absolute Gasteiger partial charge is 0.389 e. The van der Waals surface area contributed by atoms with Crippen LogP contribution in [0, 0.1) is 10.1 Å². The van der Waals surface area contributed by atoms with E-state index < -0.39 is 16.9 Å². The van der Waals surface area contributed by atoms with E-state index >= 15 is 0 Å². The molecule has 0 aromatic heterocycles. The third-order valence-corrected chi connectivity index (χ3v) is 3.70. The zero-order valence-electron chi connectivity index (χ0n) is 11.6. The van der Waals surface area contributed by atoms with Gasteiger partial charge in [-0.1, -0.05) is 12.1 Å². The van der Waals surface area contributed by atoms with Gasteiger partial charge in [-0.3, -0.25) is 14.9 Å². The Hall–Kier alpha value is -2.25. The predicted octanol–water partition coefficient (Wildman–Crippen LogP) is 3.66. The molecule has 6 nitrogen and oxygen atoms in total. The number of rotatable bonds is 4. The second-order valence-electron chi connectivity index (χ2n) is 4.68. The lowest BCUT2D eigenvalue weighted by atomic mass is 10.1. The smallest absolute Gasteiger partial charge is 0.284 e. The molecule has 0 unspecified atom stereocenters. The number of nitrogens with zero attached hydrogens (tertiary/aromatic N) is 1. The van der Waals surface area contributed by atoms with Gasteiger partial charge in [-0.2, -0.15) is 0 Å². The van der Waals surface area contributed by atoms with Crippen LogP contribution in [0.3, 0.4) is 0 Å². The summed E-state index contributed by atoms with van der Waals surface area (Å²) in [6.07, 6.45) is -0.648. The summed E-state index contributed by atoms with van der Waals surface area (Å²) in [5, 5.41) is 23.1. The van der Waals surface area contributed by atoms with E-state index in [4.69, 9.17) is 0 Å². The van der Waals surface area contributed by atoms with Crippen molar-refractivity contribution in [3.63, 3.8) is 0 Å². The van der Waals surface area contributed by atoms with Crippen LogP contribution in [0.1, 0.15) is 28.9 Å². The number of carbonyl (C=O) groups excluding carboxylic acids is 1. The Bertz CT molecular complexity index is 731. The van der Waals surface area contributed by atoms with Gasteiger partial charge in [0.25, 0.3) is 11.6 Å². The van der Waals surface area contributed by atoms with Crippen molar-refractivity contribution < 1.29 is 14.8 Å². The minimum absolute atomic E-state index is 0.176. The fourth-order valence-corrected chi connectivity index (χ4v) is 2.26. The molecule has 0 aliphatic rings. The number of carbonyl (C=O) groups is 1. The maximum absolute atomic E-state index is 12.2. The van der Waals surface area contributed by atoms with Crippen LogP contribution in [-0.2, 0) is 0 Å². The molecule has 2 aromatic rings. The topological polar surface area (TPSA) is 92.5 Å². The van der Waals surface area contributed by atoms with Gasteiger partial charge in [0.2, 0.25) is 0 Å². The molecule has 2 aromatic carbocycles. The molecule has 2 N–H and O–H groups in total. The van der Waals surface area contributed by atoms with E-state index in [9.17, 15) is 20.0 Å². The fraction of sp³-hybridized carbons (Fsp3) is 0.133. The van der Waals surface area contributed by atoms with E-state index in [1.54, 1.807) is 31.2 Å². The number of aliphatic hydroxyl groups excluding tert-OH is 1. The highest BCUT2D eigenvalue weighted by Crippen LogP contribution is 2.26. The average Bonchev–Trinajstić information content (AvgIpc) is 2.47. The molecule has 0 spiro atoms. The molecule has 0 saturated carbocycles. The number of nitrogens with one attached hydrogen (secondary N) is 1. The number of aliphatic hydroxyl groups is 1. The van der Waals surface area contributed by atoms with Crippen molar-refractivity contribution in [2.75, 3.05) is 5.32 Å². The number of hydrogen-bond acceptors (Lipinski definition) is 4. The molecule has 22 heavy (non-hydrogen) atoms. The molecule has 0 fully saturated rings. The van der Waals surface area contributed by atoms with Gasteiger partial charge in [0.15, 0.2) is 0 Å². The summed E-state index contributed by atoms with van der Waals surface area (Å²) in [6.45, 7) is 1.62. The summed E-state index contributed by atoms with van der Waals surface area (Å²) in [7, 11) is 0. The van der Waals surface area contributed by atoms with Gasteiger partial charge in [-0.05, 0) is 52.7 Å². The molecule has 0 heterocycles. The summed E-state index contributed by atoms with van der Waals surface area (Å²) in [5.74, 6) is -0.460. The maximum atomic E-state index is 12.2. The van der Waals surface area contributed by atoms with E-state index in [1.807, 2.05) is 0 Å². The Labute approximate surface area is 135 Å². The average molecular weight is 365 g/mol. The standard InChI is InChI=1S/C15H13BrN2O4/c1-9(19)10-3-2-4-12(7-10)17-15(20)11-5-6-13(16)14(8-11)18(21)22/h2-9,19H,1H3,(H,17,20)/t9-/m1/s1. The fourth-order valence-electron chi connectivity index (χ4n) is 1.87. The first-order chi connectivity index (χ1) is 10.4. The Balaban J connectivity index is 2.24. The van der Waals surface area contributed by atoms with Crippen LogP contribution in [-0.4, -0.2) is 15.9 Å². The molecule has 1 amide bonds. The third kappa shape index (κ3) is 3.69. The van der Waals surface area contributed by atoms with E-state index in [0.29, 0.717) is 15.7 Å². The van der Waals surface area contributed by atoms with Crippen molar-refractivity contribution in [2.24, 2.45) is 0 Å². The summed E-state index contributed by atoms with van der Waals surface area (Å²) in [6, 6.07) is 10.9. The predicted molar refractivity (Wildman–Crippen MR) is 85.8 cm³/mol. The first-order valence-electron chi connectivity index (χ1n) is 6.42. The van der Waals surface area contributed by atoms with E-state index in [-0.39, 0.29) is 11.3 Å². The molecule has 1 atom stereocenters. The van der Waals surface area contributed by atoms with Crippen LogP contribution >= 0.6 is 15.9 Å². The second kappa shape index (κ2) is 6.67. The minimum atomic E-state index is -0.648. The normalized spacial score (nSPS) is 11.8. The van der Waals surface area contributed by atoms with Crippen LogP contribution in [0.4, 0.5) is 11.4 Å². The lowest BCUT2D eigenvalue weighted by molar-refractivity contribution is -0.385. The quantitative estimate of drug-likeness (QED) is 0.639. The third-order valence-electron chi connectivity index (χ3n) is 3.03. The number of nitro groups is 1. The highest BCUT2D eigenvalue weighted by atomic mass is 79.9. The molecular formula is C15H13BrN2O4. The Morgan fingerprint density at radius 3 is 2.68 bits per heavy atom. The van der Waals surface area contributed by atoms with Crippen molar-refractivity contribution in [1.29, 1.82) is 0 Å². The molecule has 114 valence electrons. The molecule has 2 rings (SSSR count). The molecule has 7 heteroatoms. The Morgan fingerprint density at radius 1 is 1.32 bits per heavy atom. The summed E-state index contributed by atoms with van der Waals surface area (Å²) >= 11 is 3.07. The van der Waals surface area contributed by atoms with Crippen LogP contribution in [0.15, 0.2) is 46.9 Å². The van der Waals surface area contributed by atoms with Gasteiger partial charge < -0.3 is 10.4 Å². The summed E-state index contributed by atoms with van der Waals surface area (Å²) in [4.78, 5) is 22.5. The van der Waals surface area contributed by atoms with Crippen molar-refractivity contribution in [1.82, 2.24) is 0 Å². The van der Waals surface area contributed by atoms with Crippen molar-refractivity contribution in [3.8, 4) is 0 Å². The van der Waals surface area contributed by atoms with Crippen LogP contribution < -0.4 is 5.32 Å². The number of benzene rings is 2. The SMILES string of the molecule is C[C@@H](O)c1cccc(NC(=O)c2ccc(Br)c([N+](=O)[O-])c2)c1. The number of amides is 1. The lowest BCUT2D eigenvalue weighted by Gasteiger charge is -2.09. The zero-order chi connectivity index (χ0) is 16.3. The first kappa shape index (κ1) is 16.1. The second-order valence-corrected chi connectivity index (χ2v) is 5.53. The van der Waals surface area contributed by atoms with Crippen LogP contribution in [0.5, 0.6) is 0 Å². The summed E-state index contributed by atoms with van der Waals surface area (Å²) in [5.41, 5.74) is 1.18. The lowest BCUT2D eigenvalue weighted by Crippen LogP contribution is -2.12. The Morgan fingerprint density at radius 2 is 2.05 bits per heavy atom. The molecule has 0 saturated heterocycles. The van der Waals surface area contributed by atoms with E-state index in [2.05, 4.69) is 21.2 Å². The zero-order valence-corrected chi connectivity index (χ0v) is 13.2. The van der Waals surface area contributed by atoms with Gasteiger partial charge in [0.05, 0.1) is 15.5 Å². The van der Waals surface area contributed by atoms with E-state index in [1.165, 1.54) is 18.2 Å². The molecular weight excluding hydrogens is 352 g/mol. The number of halogens is 1. The van der Waals surface area contributed by atoms with Gasteiger partial charge in [0.1, 0.15) is 0 Å². The highest BCUT2D eigenvalue weighted by Gasteiger charge is 2.16.